The molecule has 12 heteroatoms. The first-order valence-electron chi connectivity index (χ1n) is 13.1. The molecule has 0 amide bonds. The Kier molecular flexibility index (Phi) is 6.64. The molecule has 1 aromatic carbocycles. The van der Waals surface area contributed by atoms with Gasteiger partial charge in [-0.05, 0) is 37.6 Å². The molecule has 0 saturated carbocycles. The SMILES string of the molecule is C[C@H](CO)n1cc(-c2cc3c(N4CCN(c5ncc([C@@](C)(O)c6ccc(F)cc6)cn5)CC4)ncnc3[nH]2)cn1. The van der Waals surface area contributed by atoms with Gasteiger partial charge in [-0.2, -0.15) is 5.10 Å². The first-order valence-corrected chi connectivity index (χ1v) is 13.1. The molecule has 2 atom stereocenters. The largest absolute Gasteiger partial charge is 0.394 e. The molecule has 6 rings (SSSR count). The van der Waals surface area contributed by atoms with Gasteiger partial charge < -0.3 is 25.0 Å². The van der Waals surface area contributed by atoms with Crippen molar-refractivity contribution in [2.24, 2.45) is 0 Å². The van der Waals surface area contributed by atoms with Crippen LogP contribution < -0.4 is 9.80 Å². The van der Waals surface area contributed by atoms with E-state index in [1.54, 1.807) is 48.7 Å². The number of anilines is 2. The first-order chi connectivity index (χ1) is 19.3. The zero-order chi connectivity index (χ0) is 27.9. The summed E-state index contributed by atoms with van der Waals surface area (Å²) in [5.41, 5.74) is 2.30. The number of nitrogens with zero attached hydrogens (tertiary/aromatic N) is 8. The molecule has 1 fully saturated rings. The highest BCUT2D eigenvalue weighted by atomic mass is 19.1. The topological polar surface area (TPSA) is 132 Å². The van der Waals surface area contributed by atoms with Crippen molar-refractivity contribution in [3.8, 4) is 11.3 Å². The fraction of sp³-hybridized carbons (Fsp3) is 0.321. The van der Waals surface area contributed by atoms with E-state index in [1.807, 2.05) is 19.2 Å². The molecule has 3 N–H and O–H groups in total. The number of benzene rings is 1. The van der Waals surface area contributed by atoms with E-state index in [0.717, 1.165) is 41.2 Å². The number of hydrogen-bond donors (Lipinski definition) is 3. The summed E-state index contributed by atoms with van der Waals surface area (Å²) in [5.74, 6) is 1.09. The molecule has 5 aromatic rings. The van der Waals surface area contributed by atoms with E-state index >= 15 is 0 Å². The van der Waals surface area contributed by atoms with Crippen LogP contribution in [0.5, 0.6) is 0 Å². The summed E-state index contributed by atoms with van der Waals surface area (Å²) < 4.78 is 15.1. The van der Waals surface area contributed by atoms with Crippen molar-refractivity contribution < 1.29 is 14.6 Å². The molecule has 206 valence electrons. The van der Waals surface area contributed by atoms with Crippen molar-refractivity contribution in [3.05, 3.63) is 78.4 Å². The Balaban J connectivity index is 1.16. The number of rotatable bonds is 7. The lowest BCUT2D eigenvalue weighted by Crippen LogP contribution is -2.47. The standard InChI is InChI=1S/C28H30FN9O2/c1-18(16-39)38-15-19(12-34-38)24-11-23-25(35-24)32-17-33-26(23)36-7-9-37(10-8-36)27-30-13-21(14-31-27)28(2,40)20-3-5-22(29)6-4-20/h3-6,11-15,17-18,39-40H,7-10,16H2,1-2H3,(H,32,33,35)/t18-,28+/m1/s1. The maximum Gasteiger partial charge on any atom is 0.225 e. The third-order valence-corrected chi connectivity index (χ3v) is 7.50. The first kappa shape index (κ1) is 25.8. The Morgan fingerprint density at radius 1 is 0.975 bits per heavy atom. The lowest BCUT2D eigenvalue weighted by Gasteiger charge is -2.35. The van der Waals surface area contributed by atoms with Gasteiger partial charge in [0.2, 0.25) is 5.95 Å². The van der Waals surface area contributed by atoms with Crippen molar-refractivity contribution in [2.45, 2.75) is 25.5 Å². The number of H-pyrrole nitrogens is 1. The minimum absolute atomic E-state index is 0.0153. The monoisotopic (exact) mass is 543 g/mol. The molecule has 11 nitrogen and oxygen atoms in total. The average Bonchev–Trinajstić information content (AvgIpc) is 3.65. The highest BCUT2D eigenvalue weighted by molar-refractivity contribution is 5.91. The van der Waals surface area contributed by atoms with Crippen LogP contribution in [0.2, 0.25) is 0 Å². The van der Waals surface area contributed by atoms with Crippen molar-refractivity contribution >= 4 is 22.8 Å². The van der Waals surface area contributed by atoms with Crippen molar-refractivity contribution in [3.63, 3.8) is 0 Å². The number of halogens is 1. The maximum absolute atomic E-state index is 13.3. The molecule has 1 saturated heterocycles. The fourth-order valence-electron chi connectivity index (χ4n) is 4.93. The minimum Gasteiger partial charge on any atom is -0.394 e. The van der Waals surface area contributed by atoms with Gasteiger partial charge in [0.25, 0.3) is 0 Å². The molecule has 0 spiro atoms. The number of fused-ring (bicyclic) bond motifs is 1. The molecule has 40 heavy (non-hydrogen) atoms. The average molecular weight is 544 g/mol. The van der Waals surface area contributed by atoms with Gasteiger partial charge in [0.15, 0.2) is 0 Å². The quantitative estimate of drug-likeness (QED) is 0.283. The lowest BCUT2D eigenvalue weighted by molar-refractivity contribution is 0.101. The van der Waals surface area contributed by atoms with Gasteiger partial charge in [0.1, 0.15) is 29.2 Å². The van der Waals surface area contributed by atoms with Gasteiger partial charge in [0.05, 0.1) is 29.9 Å². The number of aliphatic hydroxyl groups excluding tert-OH is 1. The van der Waals surface area contributed by atoms with Crippen LogP contribution >= 0.6 is 0 Å². The number of hydrogen-bond acceptors (Lipinski definition) is 9. The van der Waals surface area contributed by atoms with E-state index in [-0.39, 0.29) is 18.5 Å². The summed E-state index contributed by atoms with van der Waals surface area (Å²) in [4.78, 5) is 25.8. The Bertz CT molecular complexity index is 1610. The number of piperazine rings is 1. The van der Waals surface area contributed by atoms with Crippen molar-refractivity contribution in [1.29, 1.82) is 0 Å². The Labute approximate surface area is 230 Å². The summed E-state index contributed by atoms with van der Waals surface area (Å²) in [6.07, 6.45) is 8.48. The van der Waals surface area contributed by atoms with Crippen molar-refractivity contribution in [2.75, 3.05) is 42.6 Å². The lowest BCUT2D eigenvalue weighted by atomic mass is 9.90. The number of aliphatic hydroxyl groups is 2. The second-order valence-corrected chi connectivity index (χ2v) is 10.2. The van der Waals surface area contributed by atoms with Crippen LogP contribution in [-0.4, -0.2) is 77.7 Å². The smallest absolute Gasteiger partial charge is 0.225 e. The molecule has 5 heterocycles. The van der Waals surface area contributed by atoms with Crippen LogP contribution in [0.15, 0.2) is 61.4 Å². The van der Waals surface area contributed by atoms with E-state index in [2.05, 4.69) is 39.8 Å². The molecule has 0 aliphatic carbocycles. The number of aromatic nitrogens is 7. The molecule has 0 bridgehead atoms. The van der Waals surface area contributed by atoms with Crippen molar-refractivity contribution in [1.82, 2.24) is 34.7 Å². The molecule has 4 aromatic heterocycles. The third kappa shape index (κ3) is 4.75. The zero-order valence-corrected chi connectivity index (χ0v) is 22.2. The molecule has 1 aliphatic rings. The van der Waals surface area contributed by atoms with Crippen LogP contribution in [0.3, 0.4) is 0 Å². The number of aromatic amines is 1. The summed E-state index contributed by atoms with van der Waals surface area (Å²) in [6.45, 7) is 6.40. The molecule has 0 radical (unpaired) electrons. The summed E-state index contributed by atoms with van der Waals surface area (Å²) >= 11 is 0. The highest BCUT2D eigenvalue weighted by Crippen LogP contribution is 2.31. The summed E-state index contributed by atoms with van der Waals surface area (Å²) in [6, 6.07) is 7.71. The fourth-order valence-corrected chi connectivity index (χ4v) is 4.93. The second kappa shape index (κ2) is 10.3. The predicted molar refractivity (Wildman–Crippen MR) is 148 cm³/mol. The Morgan fingerprint density at radius 3 is 2.38 bits per heavy atom. The second-order valence-electron chi connectivity index (χ2n) is 10.2. The molecular weight excluding hydrogens is 513 g/mol. The number of nitrogens with one attached hydrogen (secondary N) is 1. The van der Waals surface area contributed by atoms with Gasteiger partial charge in [-0.1, -0.05) is 12.1 Å². The Morgan fingerprint density at radius 2 is 1.68 bits per heavy atom. The molecule has 1 aliphatic heterocycles. The van der Waals surface area contributed by atoms with Crippen LogP contribution in [0.1, 0.15) is 31.0 Å². The van der Waals surface area contributed by atoms with Crippen LogP contribution in [0.4, 0.5) is 16.2 Å². The van der Waals surface area contributed by atoms with E-state index < -0.39 is 5.60 Å². The van der Waals surface area contributed by atoms with Crippen LogP contribution in [0.25, 0.3) is 22.3 Å². The van der Waals surface area contributed by atoms with Gasteiger partial charge in [-0.25, -0.2) is 24.3 Å². The zero-order valence-electron chi connectivity index (χ0n) is 22.2. The minimum atomic E-state index is -1.34. The molecule has 0 unspecified atom stereocenters. The van der Waals surface area contributed by atoms with Gasteiger partial charge in [0, 0.05) is 55.9 Å². The molecular formula is C28H30FN9O2. The summed E-state index contributed by atoms with van der Waals surface area (Å²) in [7, 11) is 0. The highest BCUT2D eigenvalue weighted by Gasteiger charge is 2.28. The Hall–Kier alpha value is -4.42. The van der Waals surface area contributed by atoms with Crippen LogP contribution in [0, 0.1) is 5.82 Å². The predicted octanol–water partition coefficient (Wildman–Crippen LogP) is 2.89. The summed E-state index contributed by atoms with van der Waals surface area (Å²) in [5, 5.41) is 25.8. The van der Waals surface area contributed by atoms with Gasteiger partial charge in [-0.3, -0.25) is 4.68 Å². The normalized spacial score (nSPS) is 16.3. The third-order valence-electron chi connectivity index (χ3n) is 7.50. The van der Waals surface area contributed by atoms with Crippen LogP contribution in [-0.2, 0) is 5.60 Å². The van der Waals surface area contributed by atoms with E-state index in [4.69, 9.17) is 0 Å². The van der Waals surface area contributed by atoms with Gasteiger partial charge in [-0.15, -0.1) is 0 Å². The van der Waals surface area contributed by atoms with E-state index in [1.165, 1.54) is 12.1 Å². The van der Waals surface area contributed by atoms with Gasteiger partial charge >= 0.3 is 0 Å². The van der Waals surface area contributed by atoms with E-state index in [9.17, 15) is 14.6 Å². The maximum atomic E-state index is 13.3. The van der Waals surface area contributed by atoms with E-state index in [0.29, 0.717) is 30.2 Å².